The van der Waals surface area contributed by atoms with Gasteiger partial charge in [-0.3, -0.25) is 9.69 Å². The van der Waals surface area contributed by atoms with Crippen molar-refractivity contribution in [2.24, 2.45) is 0 Å². The fraction of sp³-hybridized carbons (Fsp3) is 0.438. The molecule has 1 aromatic heterocycles. The van der Waals surface area contributed by atoms with Crippen LogP contribution in [0.2, 0.25) is 0 Å². The molecular formula is C16H20N2O2. The zero-order valence-electron chi connectivity index (χ0n) is 12.0. The summed E-state index contributed by atoms with van der Waals surface area (Å²) in [5.74, 6) is 0. The molecule has 0 amide bonds. The highest BCUT2D eigenvalue weighted by Crippen LogP contribution is 2.16. The maximum Gasteiger partial charge on any atom is 0.189 e. The topological polar surface area (TPSA) is 45.3 Å². The lowest BCUT2D eigenvalue weighted by Gasteiger charge is -2.26. The summed E-state index contributed by atoms with van der Waals surface area (Å²) >= 11 is 0. The number of rotatable bonds is 2. The Morgan fingerprint density at radius 2 is 1.95 bits per heavy atom. The largest absolute Gasteiger partial charge is 0.379 e. The Balaban J connectivity index is 1.98. The van der Waals surface area contributed by atoms with Gasteiger partial charge in [0.15, 0.2) is 5.43 Å². The zero-order chi connectivity index (χ0) is 14.1. The number of aryl methyl sites for hydroxylation is 2. The van der Waals surface area contributed by atoms with Gasteiger partial charge in [-0.05, 0) is 31.0 Å². The van der Waals surface area contributed by atoms with Crippen LogP contribution in [0, 0.1) is 13.8 Å². The number of aromatic nitrogens is 1. The molecule has 1 fully saturated rings. The van der Waals surface area contributed by atoms with Gasteiger partial charge in [0.25, 0.3) is 0 Å². The summed E-state index contributed by atoms with van der Waals surface area (Å²) in [6, 6.07) is 5.80. The van der Waals surface area contributed by atoms with Gasteiger partial charge in [0.1, 0.15) is 0 Å². The smallest absolute Gasteiger partial charge is 0.189 e. The molecule has 1 N–H and O–H groups in total. The molecule has 0 atom stereocenters. The van der Waals surface area contributed by atoms with Crippen LogP contribution >= 0.6 is 0 Å². The van der Waals surface area contributed by atoms with Gasteiger partial charge in [0.05, 0.1) is 18.7 Å². The van der Waals surface area contributed by atoms with Gasteiger partial charge < -0.3 is 9.72 Å². The molecule has 0 radical (unpaired) electrons. The molecule has 1 aliphatic rings. The molecule has 1 aliphatic heterocycles. The van der Waals surface area contributed by atoms with Gasteiger partial charge in [-0.25, -0.2) is 0 Å². The van der Waals surface area contributed by atoms with Crippen molar-refractivity contribution >= 4 is 10.9 Å². The van der Waals surface area contributed by atoms with E-state index in [1.807, 2.05) is 19.9 Å². The van der Waals surface area contributed by atoms with Gasteiger partial charge in [-0.15, -0.1) is 0 Å². The van der Waals surface area contributed by atoms with Gasteiger partial charge in [0.2, 0.25) is 0 Å². The molecule has 1 aromatic carbocycles. The minimum absolute atomic E-state index is 0.105. The van der Waals surface area contributed by atoms with Gasteiger partial charge >= 0.3 is 0 Å². The van der Waals surface area contributed by atoms with E-state index < -0.39 is 0 Å². The third-order valence-corrected chi connectivity index (χ3v) is 3.83. The summed E-state index contributed by atoms with van der Waals surface area (Å²) in [5.41, 5.74) is 4.30. The van der Waals surface area contributed by atoms with Gasteiger partial charge in [0, 0.05) is 36.8 Å². The molecule has 4 heteroatoms. The molecule has 4 nitrogen and oxygen atoms in total. The second-order valence-corrected chi connectivity index (χ2v) is 5.55. The lowest BCUT2D eigenvalue weighted by Crippen LogP contribution is -2.36. The number of ether oxygens (including phenoxy) is 1. The fourth-order valence-electron chi connectivity index (χ4n) is 2.85. The summed E-state index contributed by atoms with van der Waals surface area (Å²) in [6.07, 6.45) is 0. The quantitative estimate of drug-likeness (QED) is 0.909. The normalized spacial score (nSPS) is 16.7. The summed E-state index contributed by atoms with van der Waals surface area (Å²) in [5, 5.41) is 0.785. The van der Waals surface area contributed by atoms with Crippen molar-refractivity contribution in [2.45, 2.75) is 20.4 Å². The van der Waals surface area contributed by atoms with Crippen LogP contribution in [0.5, 0.6) is 0 Å². The number of hydrogen-bond acceptors (Lipinski definition) is 3. The summed E-state index contributed by atoms with van der Waals surface area (Å²) in [4.78, 5) is 18.0. The first-order valence-corrected chi connectivity index (χ1v) is 7.07. The van der Waals surface area contributed by atoms with Crippen molar-refractivity contribution in [3.8, 4) is 0 Å². The van der Waals surface area contributed by atoms with Crippen LogP contribution < -0.4 is 5.43 Å². The molecule has 2 aromatic rings. The second kappa shape index (κ2) is 5.38. The van der Waals surface area contributed by atoms with E-state index in [9.17, 15) is 4.79 Å². The molecule has 0 spiro atoms. The predicted molar refractivity (Wildman–Crippen MR) is 80.1 cm³/mol. The van der Waals surface area contributed by atoms with E-state index >= 15 is 0 Å². The number of morpholine rings is 1. The molecule has 0 saturated carbocycles. The molecule has 20 heavy (non-hydrogen) atoms. The fourth-order valence-corrected chi connectivity index (χ4v) is 2.85. The molecule has 0 unspecified atom stereocenters. The Hall–Kier alpha value is -1.65. The van der Waals surface area contributed by atoms with E-state index in [2.05, 4.69) is 16.0 Å². The Bertz CT molecular complexity index is 685. The third kappa shape index (κ3) is 2.62. The number of hydrogen-bond donors (Lipinski definition) is 1. The van der Waals surface area contributed by atoms with Crippen molar-refractivity contribution in [3.63, 3.8) is 0 Å². The van der Waals surface area contributed by atoms with E-state index in [4.69, 9.17) is 4.74 Å². The standard InChI is InChI=1S/C16H20N2O2/c1-11-7-12(2)16-14(8-11)15(19)9-13(17-16)10-18-3-5-20-6-4-18/h7-9H,3-6,10H2,1-2H3,(H,17,19). The average molecular weight is 272 g/mol. The molecule has 1 saturated heterocycles. The minimum atomic E-state index is 0.105. The second-order valence-electron chi connectivity index (χ2n) is 5.55. The van der Waals surface area contributed by atoms with E-state index in [-0.39, 0.29) is 5.43 Å². The number of fused-ring (bicyclic) bond motifs is 1. The van der Waals surface area contributed by atoms with Crippen LogP contribution in [-0.2, 0) is 11.3 Å². The van der Waals surface area contributed by atoms with E-state index in [0.717, 1.165) is 60.6 Å². The van der Waals surface area contributed by atoms with Crippen LogP contribution in [0.15, 0.2) is 23.0 Å². The van der Waals surface area contributed by atoms with Crippen molar-refractivity contribution in [1.29, 1.82) is 0 Å². The van der Waals surface area contributed by atoms with Gasteiger partial charge in [-0.1, -0.05) is 6.07 Å². The molecular weight excluding hydrogens is 252 g/mol. The zero-order valence-corrected chi connectivity index (χ0v) is 12.0. The first-order valence-electron chi connectivity index (χ1n) is 7.07. The SMILES string of the molecule is Cc1cc(C)c2[nH]c(CN3CCOCC3)cc(=O)c2c1. The first-order chi connectivity index (χ1) is 9.63. The van der Waals surface area contributed by atoms with Crippen LogP contribution in [0.4, 0.5) is 0 Å². The van der Waals surface area contributed by atoms with Crippen LogP contribution in [0.25, 0.3) is 10.9 Å². The Kier molecular flexibility index (Phi) is 3.59. The molecule has 106 valence electrons. The maximum atomic E-state index is 12.3. The van der Waals surface area contributed by atoms with Crippen molar-refractivity contribution in [1.82, 2.24) is 9.88 Å². The van der Waals surface area contributed by atoms with Crippen LogP contribution in [0.1, 0.15) is 16.8 Å². The van der Waals surface area contributed by atoms with Crippen molar-refractivity contribution in [3.05, 3.63) is 45.2 Å². The van der Waals surface area contributed by atoms with Gasteiger partial charge in [-0.2, -0.15) is 0 Å². The number of nitrogens with one attached hydrogen (secondary N) is 1. The Labute approximate surface area is 118 Å². The summed E-state index contributed by atoms with van der Waals surface area (Å²) in [6.45, 7) is 8.24. The molecule has 0 bridgehead atoms. The highest BCUT2D eigenvalue weighted by atomic mass is 16.5. The Morgan fingerprint density at radius 1 is 1.20 bits per heavy atom. The van der Waals surface area contributed by atoms with E-state index in [1.165, 1.54) is 0 Å². The average Bonchev–Trinajstić information content (AvgIpc) is 2.41. The summed E-state index contributed by atoms with van der Waals surface area (Å²) in [7, 11) is 0. The monoisotopic (exact) mass is 272 g/mol. The molecule has 2 heterocycles. The van der Waals surface area contributed by atoms with E-state index in [0.29, 0.717) is 0 Å². The number of benzene rings is 1. The lowest BCUT2D eigenvalue weighted by atomic mass is 10.1. The third-order valence-electron chi connectivity index (χ3n) is 3.83. The highest BCUT2D eigenvalue weighted by molar-refractivity contribution is 5.82. The predicted octanol–water partition coefficient (Wildman–Crippen LogP) is 1.98. The Morgan fingerprint density at radius 3 is 2.70 bits per heavy atom. The first kappa shape index (κ1) is 13.3. The maximum absolute atomic E-state index is 12.3. The molecule has 3 rings (SSSR count). The highest BCUT2D eigenvalue weighted by Gasteiger charge is 2.12. The number of nitrogens with zero attached hydrogens (tertiary/aromatic N) is 1. The lowest BCUT2D eigenvalue weighted by molar-refractivity contribution is 0.0337. The van der Waals surface area contributed by atoms with E-state index in [1.54, 1.807) is 6.07 Å². The minimum Gasteiger partial charge on any atom is -0.379 e. The summed E-state index contributed by atoms with van der Waals surface area (Å²) < 4.78 is 5.35. The van der Waals surface area contributed by atoms with Crippen LogP contribution in [0.3, 0.4) is 0 Å². The van der Waals surface area contributed by atoms with Crippen LogP contribution in [-0.4, -0.2) is 36.2 Å². The number of pyridine rings is 1. The van der Waals surface area contributed by atoms with Crippen molar-refractivity contribution in [2.75, 3.05) is 26.3 Å². The van der Waals surface area contributed by atoms with Crippen molar-refractivity contribution < 1.29 is 4.74 Å². The molecule has 0 aliphatic carbocycles. The number of H-pyrrole nitrogens is 1. The number of aromatic amines is 1.